The van der Waals surface area contributed by atoms with Gasteiger partial charge in [-0.25, -0.2) is 9.78 Å². The molecule has 1 heterocycles. The Balaban J connectivity index is 1.12. The first-order valence-corrected chi connectivity index (χ1v) is 10.9. The van der Waals surface area contributed by atoms with E-state index in [4.69, 9.17) is 4.74 Å². The maximum atomic E-state index is 12.2. The molecule has 0 aliphatic heterocycles. The number of carbonyl (C=O) groups is 1. The summed E-state index contributed by atoms with van der Waals surface area (Å²) < 4.78 is 5.57. The Hall–Kier alpha value is -3.86. The fourth-order valence-corrected chi connectivity index (χ4v) is 4.38. The van der Waals surface area contributed by atoms with Gasteiger partial charge < -0.3 is 15.0 Å². The number of amides is 1. The van der Waals surface area contributed by atoms with Gasteiger partial charge in [0.2, 0.25) is 0 Å². The van der Waals surface area contributed by atoms with E-state index >= 15 is 0 Å². The van der Waals surface area contributed by atoms with E-state index in [1.165, 1.54) is 22.3 Å². The van der Waals surface area contributed by atoms with Crippen molar-refractivity contribution in [2.45, 2.75) is 19.3 Å². The number of rotatable bonds is 6. The summed E-state index contributed by atoms with van der Waals surface area (Å²) in [5, 5.41) is 2.85. The van der Waals surface area contributed by atoms with Crippen molar-refractivity contribution in [3.63, 3.8) is 0 Å². The number of alkyl carbamates (subject to hydrolysis) is 1. The van der Waals surface area contributed by atoms with Crippen LogP contribution in [0.5, 0.6) is 0 Å². The Morgan fingerprint density at radius 2 is 1.78 bits per heavy atom. The van der Waals surface area contributed by atoms with Crippen molar-refractivity contribution in [1.29, 1.82) is 0 Å². The number of carbonyl (C=O) groups excluding carboxylic acids is 1. The van der Waals surface area contributed by atoms with Crippen LogP contribution >= 0.6 is 0 Å². The van der Waals surface area contributed by atoms with Crippen LogP contribution < -0.4 is 5.32 Å². The second-order valence-corrected chi connectivity index (χ2v) is 8.04. The summed E-state index contributed by atoms with van der Waals surface area (Å²) in [7, 11) is 0. The zero-order valence-corrected chi connectivity index (χ0v) is 18.0. The largest absolute Gasteiger partial charge is 0.449 e. The molecule has 32 heavy (non-hydrogen) atoms. The highest BCUT2D eigenvalue weighted by molar-refractivity contribution is 5.79. The van der Waals surface area contributed by atoms with Crippen LogP contribution in [0.15, 0.2) is 72.8 Å². The van der Waals surface area contributed by atoms with E-state index in [0.29, 0.717) is 13.2 Å². The lowest BCUT2D eigenvalue weighted by Crippen LogP contribution is -2.26. The Bertz CT molecular complexity index is 1260. The van der Waals surface area contributed by atoms with Crippen LogP contribution in [0.3, 0.4) is 0 Å². The molecule has 0 saturated carbocycles. The molecule has 5 heteroatoms. The van der Waals surface area contributed by atoms with Crippen LogP contribution in [0, 0.1) is 6.92 Å². The topological polar surface area (TPSA) is 67.0 Å². The SMILES string of the molecule is Cc1nc2ccc(C=CCCNC(=O)OCC3c4ccccc4-c4ccccc43)cc2[nH]1. The molecule has 160 valence electrons. The van der Waals surface area contributed by atoms with Gasteiger partial charge in [-0.2, -0.15) is 0 Å². The predicted molar refractivity (Wildman–Crippen MR) is 128 cm³/mol. The zero-order valence-electron chi connectivity index (χ0n) is 18.0. The Morgan fingerprint density at radius 3 is 2.53 bits per heavy atom. The van der Waals surface area contributed by atoms with E-state index in [1.54, 1.807) is 0 Å². The third kappa shape index (κ3) is 4.02. The van der Waals surface area contributed by atoms with E-state index in [9.17, 15) is 4.79 Å². The number of benzene rings is 3. The highest BCUT2D eigenvalue weighted by Gasteiger charge is 2.28. The fourth-order valence-electron chi connectivity index (χ4n) is 4.38. The van der Waals surface area contributed by atoms with Crippen LogP contribution in [0.4, 0.5) is 4.79 Å². The van der Waals surface area contributed by atoms with Crippen molar-refractivity contribution in [2.24, 2.45) is 0 Å². The van der Waals surface area contributed by atoms with Gasteiger partial charge >= 0.3 is 6.09 Å². The van der Waals surface area contributed by atoms with Gasteiger partial charge in [-0.05, 0) is 53.3 Å². The highest BCUT2D eigenvalue weighted by Crippen LogP contribution is 2.44. The molecular formula is C27H25N3O2. The highest BCUT2D eigenvalue weighted by atomic mass is 16.5. The molecule has 0 unspecified atom stereocenters. The first-order chi connectivity index (χ1) is 15.7. The van der Waals surface area contributed by atoms with Gasteiger partial charge in [0.05, 0.1) is 11.0 Å². The Morgan fingerprint density at radius 1 is 1.06 bits per heavy atom. The number of nitrogens with one attached hydrogen (secondary N) is 2. The second-order valence-electron chi connectivity index (χ2n) is 8.04. The summed E-state index contributed by atoms with van der Waals surface area (Å²) in [5.41, 5.74) is 7.99. The van der Waals surface area contributed by atoms with Crippen LogP contribution in [0.2, 0.25) is 0 Å². The molecule has 0 atom stereocenters. The minimum absolute atomic E-state index is 0.0779. The average molecular weight is 424 g/mol. The van der Waals surface area contributed by atoms with E-state index in [-0.39, 0.29) is 12.0 Å². The van der Waals surface area contributed by atoms with Gasteiger partial charge in [0.15, 0.2) is 0 Å². The number of aromatic nitrogens is 2. The van der Waals surface area contributed by atoms with Gasteiger partial charge in [-0.15, -0.1) is 0 Å². The molecule has 1 aromatic heterocycles. The lowest BCUT2D eigenvalue weighted by molar-refractivity contribution is 0.143. The lowest BCUT2D eigenvalue weighted by Gasteiger charge is -2.14. The average Bonchev–Trinajstić information content (AvgIpc) is 3.34. The summed E-state index contributed by atoms with van der Waals surface area (Å²) >= 11 is 0. The van der Waals surface area contributed by atoms with Crippen molar-refractivity contribution in [3.05, 3.63) is 95.3 Å². The summed E-state index contributed by atoms with van der Waals surface area (Å²) in [6.45, 7) is 2.81. The van der Waals surface area contributed by atoms with Crippen LogP contribution in [-0.4, -0.2) is 29.2 Å². The molecular weight excluding hydrogens is 398 g/mol. The van der Waals surface area contributed by atoms with Crippen molar-refractivity contribution in [1.82, 2.24) is 15.3 Å². The first-order valence-electron chi connectivity index (χ1n) is 10.9. The normalized spacial score (nSPS) is 12.8. The standard InChI is InChI=1S/C27H25N3O2/c1-18-29-25-14-13-19(16-26(25)30-18)8-6-7-15-28-27(31)32-17-24-22-11-4-2-9-20(22)21-10-3-5-12-23(21)24/h2-6,8-14,16,24H,7,15,17H2,1H3,(H,28,31)(H,29,30). The number of fused-ring (bicyclic) bond motifs is 4. The van der Waals surface area contributed by atoms with E-state index in [2.05, 4.69) is 51.7 Å². The number of hydrogen-bond donors (Lipinski definition) is 2. The molecule has 0 fully saturated rings. The molecule has 0 saturated heterocycles. The van der Waals surface area contributed by atoms with Crippen LogP contribution in [0.25, 0.3) is 28.2 Å². The number of aromatic amines is 1. The molecule has 1 amide bonds. The van der Waals surface area contributed by atoms with E-state index < -0.39 is 0 Å². The minimum Gasteiger partial charge on any atom is -0.449 e. The summed E-state index contributed by atoms with van der Waals surface area (Å²) in [4.78, 5) is 19.9. The summed E-state index contributed by atoms with van der Waals surface area (Å²) in [6.07, 6.45) is 4.45. The van der Waals surface area contributed by atoms with E-state index in [0.717, 1.165) is 28.8 Å². The molecule has 0 radical (unpaired) electrons. The molecule has 1 aliphatic rings. The van der Waals surface area contributed by atoms with Crippen LogP contribution in [0.1, 0.15) is 34.9 Å². The first kappa shape index (κ1) is 20.1. The Kier molecular flexibility index (Phi) is 5.46. The quantitative estimate of drug-likeness (QED) is 0.384. The number of aryl methyl sites for hydroxylation is 1. The van der Waals surface area contributed by atoms with Gasteiger partial charge in [0.1, 0.15) is 12.4 Å². The number of hydrogen-bond acceptors (Lipinski definition) is 3. The maximum Gasteiger partial charge on any atom is 0.407 e. The van der Waals surface area contributed by atoms with Crippen molar-refractivity contribution in [2.75, 3.05) is 13.2 Å². The maximum absolute atomic E-state index is 12.2. The molecule has 3 aromatic carbocycles. The summed E-state index contributed by atoms with van der Waals surface area (Å²) in [5.74, 6) is 0.988. The van der Waals surface area contributed by atoms with Crippen molar-refractivity contribution < 1.29 is 9.53 Å². The zero-order chi connectivity index (χ0) is 21.9. The summed E-state index contributed by atoms with van der Waals surface area (Å²) in [6, 6.07) is 22.8. The van der Waals surface area contributed by atoms with Crippen molar-refractivity contribution in [3.8, 4) is 11.1 Å². The number of ether oxygens (including phenoxy) is 1. The molecule has 0 spiro atoms. The van der Waals surface area contributed by atoms with Gasteiger partial charge in [-0.3, -0.25) is 0 Å². The molecule has 0 bridgehead atoms. The number of H-pyrrole nitrogens is 1. The number of nitrogens with zero attached hydrogens (tertiary/aromatic N) is 1. The molecule has 5 nitrogen and oxygen atoms in total. The second kappa shape index (κ2) is 8.71. The monoisotopic (exact) mass is 423 g/mol. The third-order valence-electron chi connectivity index (χ3n) is 5.86. The van der Waals surface area contributed by atoms with Crippen LogP contribution in [-0.2, 0) is 4.74 Å². The van der Waals surface area contributed by atoms with Crippen molar-refractivity contribution >= 4 is 23.2 Å². The van der Waals surface area contributed by atoms with Gasteiger partial charge in [-0.1, -0.05) is 66.7 Å². The minimum atomic E-state index is -0.380. The van der Waals surface area contributed by atoms with E-state index in [1.807, 2.05) is 49.4 Å². The third-order valence-corrected chi connectivity index (χ3v) is 5.86. The molecule has 2 N–H and O–H groups in total. The predicted octanol–water partition coefficient (Wildman–Crippen LogP) is 5.81. The Labute approximate surface area is 187 Å². The lowest BCUT2D eigenvalue weighted by atomic mass is 9.98. The molecule has 4 aromatic rings. The van der Waals surface area contributed by atoms with Gasteiger partial charge in [0.25, 0.3) is 0 Å². The molecule has 5 rings (SSSR count). The number of imidazole rings is 1. The smallest absolute Gasteiger partial charge is 0.407 e. The van der Waals surface area contributed by atoms with Gasteiger partial charge in [0, 0.05) is 12.5 Å². The molecule has 1 aliphatic carbocycles. The fraction of sp³-hybridized carbons (Fsp3) is 0.185.